The van der Waals surface area contributed by atoms with E-state index in [1.807, 2.05) is 18.2 Å². The highest BCUT2D eigenvalue weighted by atomic mass is 79.9. The largest absolute Gasteiger partial charge is 0.398 e. The van der Waals surface area contributed by atoms with E-state index >= 15 is 0 Å². The van der Waals surface area contributed by atoms with Crippen molar-refractivity contribution in [1.29, 1.82) is 0 Å². The first-order valence-corrected chi connectivity index (χ1v) is 7.25. The molecule has 0 radical (unpaired) electrons. The molecular weight excluding hydrogens is 292 g/mol. The molecule has 1 heterocycles. The highest BCUT2D eigenvalue weighted by Crippen LogP contribution is 2.24. The van der Waals surface area contributed by atoms with Crippen LogP contribution in [0.5, 0.6) is 0 Å². The van der Waals surface area contributed by atoms with Crippen molar-refractivity contribution in [2.75, 3.05) is 32.5 Å². The second-order valence-electron chi connectivity index (χ2n) is 5.06. The number of hydrogen-bond donors (Lipinski definition) is 1. The molecule has 1 aliphatic rings. The second-order valence-corrected chi connectivity index (χ2v) is 5.91. The molecule has 1 aromatic carbocycles. The van der Waals surface area contributed by atoms with E-state index in [4.69, 9.17) is 10.5 Å². The van der Waals surface area contributed by atoms with Crippen molar-refractivity contribution in [2.24, 2.45) is 5.92 Å². The van der Waals surface area contributed by atoms with Crippen molar-refractivity contribution in [3.05, 3.63) is 28.2 Å². The van der Waals surface area contributed by atoms with Gasteiger partial charge >= 0.3 is 0 Å². The summed E-state index contributed by atoms with van der Waals surface area (Å²) in [6.45, 7) is 3.83. The molecule has 1 saturated heterocycles. The van der Waals surface area contributed by atoms with E-state index in [0.29, 0.717) is 0 Å². The predicted octanol–water partition coefficient (Wildman–Crippen LogP) is 2.89. The maximum atomic E-state index is 6.03. The topological polar surface area (TPSA) is 38.5 Å². The average molecular weight is 313 g/mol. The van der Waals surface area contributed by atoms with E-state index in [2.05, 4.69) is 27.9 Å². The minimum Gasteiger partial charge on any atom is -0.398 e. The van der Waals surface area contributed by atoms with Crippen molar-refractivity contribution >= 4 is 21.6 Å². The Morgan fingerprint density at radius 2 is 2.11 bits per heavy atom. The first-order chi connectivity index (χ1) is 8.66. The van der Waals surface area contributed by atoms with Crippen LogP contribution in [0.1, 0.15) is 18.4 Å². The lowest BCUT2D eigenvalue weighted by Crippen LogP contribution is -2.29. The SMILES string of the molecule is CN(Cc1c(N)cccc1Br)CC1CCOCC1. The normalized spacial score (nSPS) is 17.3. The van der Waals surface area contributed by atoms with Crippen LogP contribution in [-0.4, -0.2) is 31.7 Å². The molecule has 0 saturated carbocycles. The zero-order valence-electron chi connectivity index (χ0n) is 10.9. The third-order valence-corrected chi connectivity index (χ3v) is 4.24. The lowest BCUT2D eigenvalue weighted by molar-refractivity contribution is 0.0549. The Morgan fingerprint density at radius 3 is 2.78 bits per heavy atom. The van der Waals surface area contributed by atoms with Gasteiger partial charge in [0.2, 0.25) is 0 Å². The Balaban J connectivity index is 1.92. The predicted molar refractivity (Wildman–Crippen MR) is 78.4 cm³/mol. The highest BCUT2D eigenvalue weighted by Gasteiger charge is 2.16. The molecule has 1 fully saturated rings. The summed E-state index contributed by atoms with van der Waals surface area (Å²) >= 11 is 3.57. The van der Waals surface area contributed by atoms with Crippen molar-refractivity contribution in [3.63, 3.8) is 0 Å². The Labute approximate surface area is 117 Å². The Hall–Kier alpha value is -0.580. The van der Waals surface area contributed by atoms with Gasteiger partial charge in [0, 0.05) is 42.0 Å². The summed E-state index contributed by atoms with van der Waals surface area (Å²) in [5.41, 5.74) is 8.08. The van der Waals surface area contributed by atoms with Crippen LogP contribution in [0, 0.1) is 5.92 Å². The first-order valence-electron chi connectivity index (χ1n) is 6.46. The van der Waals surface area contributed by atoms with Crippen LogP contribution in [0.25, 0.3) is 0 Å². The Morgan fingerprint density at radius 1 is 1.39 bits per heavy atom. The zero-order valence-corrected chi connectivity index (χ0v) is 12.4. The lowest BCUT2D eigenvalue weighted by Gasteiger charge is -2.27. The van der Waals surface area contributed by atoms with E-state index in [0.717, 1.165) is 42.4 Å². The zero-order chi connectivity index (χ0) is 13.0. The quantitative estimate of drug-likeness (QED) is 0.869. The summed E-state index contributed by atoms with van der Waals surface area (Å²) in [7, 11) is 2.16. The van der Waals surface area contributed by atoms with Crippen molar-refractivity contribution in [3.8, 4) is 0 Å². The van der Waals surface area contributed by atoms with Gasteiger partial charge in [0.25, 0.3) is 0 Å². The number of nitrogens with zero attached hydrogens (tertiary/aromatic N) is 1. The molecule has 0 spiro atoms. The summed E-state index contributed by atoms with van der Waals surface area (Å²) in [6.07, 6.45) is 2.35. The number of nitrogen functional groups attached to an aromatic ring is 1. The van der Waals surface area contributed by atoms with Crippen LogP contribution in [0.15, 0.2) is 22.7 Å². The number of hydrogen-bond acceptors (Lipinski definition) is 3. The van der Waals surface area contributed by atoms with Gasteiger partial charge < -0.3 is 15.4 Å². The highest BCUT2D eigenvalue weighted by molar-refractivity contribution is 9.10. The Kier molecular flexibility index (Phi) is 5.03. The van der Waals surface area contributed by atoms with Gasteiger partial charge in [-0.2, -0.15) is 0 Å². The third-order valence-electron chi connectivity index (χ3n) is 3.49. The van der Waals surface area contributed by atoms with E-state index < -0.39 is 0 Å². The van der Waals surface area contributed by atoms with Gasteiger partial charge in [-0.05, 0) is 37.9 Å². The molecule has 0 amide bonds. The summed E-state index contributed by atoms with van der Waals surface area (Å²) in [6, 6.07) is 5.98. The molecule has 18 heavy (non-hydrogen) atoms. The standard InChI is InChI=1S/C14H21BrN2O/c1-17(9-11-5-7-18-8-6-11)10-12-13(15)3-2-4-14(12)16/h2-4,11H,5-10,16H2,1H3. The molecule has 3 nitrogen and oxygen atoms in total. The van der Waals surface area contributed by atoms with Gasteiger partial charge in [-0.3, -0.25) is 0 Å². The van der Waals surface area contributed by atoms with E-state index in [1.165, 1.54) is 18.4 Å². The molecule has 0 bridgehead atoms. The summed E-state index contributed by atoms with van der Waals surface area (Å²) < 4.78 is 6.49. The fourth-order valence-electron chi connectivity index (χ4n) is 2.45. The molecule has 2 rings (SSSR count). The lowest BCUT2D eigenvalue weighted by atomic mass is 9.99. The van der Waals surface area contributed by atoms with Crippen LogP contribution in [0.3, 0.4) is 0 Å². The van der Waals surface area contributed by atoms with Gasteiger partial charge in [-0.25, -0.2) is 0 Å². The molecule has 0 atom stereocenters. The molecule has 100 valence electrons. The smallest absolute Gasteiger partial charge is 0.0469 e. The summed E-state index contributed by atoms with van der Waals surface area (Å²) in [5.74, 6) is 0.757. The molecule has 4 heteroatoms. The summed E-state index contributed by atoms with van der Waals surface area (Å²) in [5, 5.41) is 0. The van der Waals surface area contributed by atoms with Crippen molar-refractivity contribution in [1.82, 2.24) is 4.90 Å². The van der Waals surface area contributed by atoms with Crippen LogP contribution in [-0.2, 0) is 11.3 Å². The van der Waals surface area contributed by atoms with E-state index in [9.17, 15) is 0 Å². The minimum absolute atomic E-state index is 0.757. The fraction of sp³-hybridized carbons (Fsp3) is 0.571. The monoisotopic (exact) mass is 312 g/mol. The molecular formula is C14H21BrN2O. The third kappa shape index (κ3) is 3.70. The Bertz CT molecular complexity index is 371. The average Bonchev–Trinajstić information content (AvgIpc) is 2.35. The maximum absolute atomic E-state index is 6.03. The van der Waals surface area contributed by atoms with Gasteiger partial charge in [-0.15, -0.1) is 0 Å². The second kappa shape index (κ2) is 6.55. The first kappa shape index (κ1) is 13.8. The molecule has 1 aromatic rings. The summed E-state index contributed by atoms with van der Waals surface area (Å²) in [4.78, 5) is 2.35. The van der Waals surface area contributed by atoms with Crippen LogP contribution in [0.2, 0.25) is 0 Å². The number of nitrogens with two attached hydrogens (primary N) is 1. The van der Waals surface area contributed by atoms with E-state index in [1.54, 1.807) is 0 Å². The molecule has 2 N–H and O–H groups in total. The van der Waals surface area contributed by atoms with Gasteiger partial charge in [0.05, 0.1) is 0 Å². The van der Waals surface area contributed by atoms with Crippen molar-refractivity contribution < 1.29 is 4.74 Å². The molecule has 0 aromatic heterocycles. The molecule has 0 aliphatic carbocycles. The van der Waals surface area contributed by atoms with Crippen LogP contribution < -0.4 is 5.73 Å². The number of ether oxygens (including phenoxy) is 1. The fourth-order valence-corrected chi connectivity index (χ4v) is 2.95. The number of halogens is 1. The van der Waals surface area contributed by atoms with Gasteiger partial charge in [0.1, 0.15) is 0 Å². The van der Waals surface area contributed by atoms with Gasteiger partial charge in [-0.1, -0.05) is 22.0 Å². The van der Waals surface area contributed by atoms with Crippen molar-refractivity contribution in [2.45, 2.75) is 19.4 Å². The number of anilines is 1. The minimum atomic E-state index is 0.757. The van der Waals surface area contributed by atoms with Crippen LogP contribution >= 0.6 is 15.9 Å². The molecule has 0 unspecified atom stereocenters. The number of benzene rings is 1. The number of rotatable bonds is 4. The van der Waals surface area contributed by atoms with Gasteiger partial charge in [0.15, 0.2) is 0 Å². The van der Waals surface area contributed by atoms with Crippen LogP contribution in [0.4, 0.5) is 5.69 Å². The van der Waals surface area contributed by atoms with E-state index in [-0.39, 0.29) is 0 Å². The maximum Gasteiger partial charge on any atom is 0.0469 e. The molecule has 1 aliphatic heterocycles.